The first-order valence-electron chi connectivity index (χ1n) is 20.8. The summed E-state index contributed by atoms with van der Waals surface area (Å²) < 4.78 is 33.1. The van der Waals surface area contributed by atoms with E-state index in [9.17, 15) is 24.0 Å². The number of methoxy groups -OCH3 is 3. The number of nitrogens with one attached hydrogen (secondary N) is 2. The molecule has 13 heteroatoms. The Hall–Kier alpha value is -3.55. The second-order valence-corrected chi connectivity index (χ2v) is 15.5. The Morgan fingerprint density at radius 3 is 2.28 bits per heavy atom. The van der Waals surface area contributed by atoms with Crippen LogP contribution in [0.2, 0.25) is 0 Å². The third-order valence-corrected chi connectivity index (χ3v) is 11.6. The van der Waals surface area contributed by atoms with E-state index in [1.807, 2.05) is 58.0 Å². The molecule has 0 aromatic heterocycles. The van der Waals surface area contributed by atoms with Crippen LogP contribution in [0.1, 0.15) is 88.3 Å². The maximum absolute atomic E-state index is 14.3. The number of hydrogen-bond donors (Lipinski definition) is 2. The van der Waals surface area contributed by atoms with Crippen molar-refractivity contribution in [2.24, 2.45) is 17.8 Å². The topological polar surface area (TPSA) is 147 Å². The maximum atomic E-state index is 14.3. The van der Waals surface area contributed by atoms with Gasteiger partial charge in [-0.15, -0.1) is 0 Å². The average molecular weight is 760 g/mol. The first-order valence-corrected chi connectivity index (χ1v) is 19.3. The van der Waals surface area contributed by atoms with Gasteiger partial charge in [-0.3, -0.25) is 24.1 Å². The van der Waals surface area contributed by atoms with E-state index in [0.29, 0.717) is 45.2 Å². The number of nitrogens with zero attached hydrogens (tertiary/aromatic N) is 3. The SMILES string of the molecule is [2H]CN1CCC[C@@]1(C[2H])C(=O)N[C@H](C(=O)N(C)[C@@H]([C@@H](C)CC)[C@@H](CC(=O)N1CCC[C@H]1[C@H](OC)[C@@H](C)C(=O)N[C@@H](Cc1ccccc1)C(=O)OC)OC)C(C)C. The molecule has 2 aliphatic rings. The highest BCUT2D eigenvalue weighted by Crippen LogP contribution is 2.31. The summed E-state index contributed by atoms with van der Waals surface area (Å²) >= 11 is 0. The fourth-order valence-corrected chi connectivity index (χ4v) is 7.99. The molecule has 2 heterocycles. The molecule has 0 bridgehead atoms. The molecule has 54 heavy (non-hydrogen) atoms. The van der Waals surface area contributed by atoms with E-state index in [-0.39, 0.29) is 50.4 Å². The van der Waals surface area contributed by atoms with Gasteiger partial charge < -0.3 is 34.6 Å². The summed E-state index contributed by atoms with van der Waals surface area (Å²) in [6.45, 7) is 10.3. The van der Waals surface area contributed by atoms with Gasteiger partial charge in [0.2, 0.25) is 23.6 Å². The third kappa shape index (κ3) is 10.6. The molecule has 1 aromatic rings. The molecule has 0 unspecified atom stereocenters. The normalized spacial score (nSPS) is 23.3. The van der Waals surface area contributed by atoms with Crippen LogP contribution in [0.3, 0.4) is 0 Å². The van der Waals surface area contributed by atoms with Crippen molar-refractivity contribution in [1.82, 2.24) is 25.3 Å². The van der Waals surface area contributed by atoms with Crippen molar-refractivity contribution in [3.8, 4) is 0 Å². The van der Waals surface area contributed by atoms with Crippen LogP contribution in [-0.2, 0) is 44.6 Å². The number of hydrogen-bond acceptors (Lipinski definition) is 9. The number of benzene rings is 1. The van der Waals surface area contributed by atoms with Crippen molar-refractivity contribution in [3.05, 3.63) is 35.9 Å². The molecule has 0 saturated carbocycles. The van der Waals surface area contributed by atoms with E-state index >= 15 is 0 Å². The zero-order valence-electron chi connectivity index (χ0n) is 36.0. The van der Waals surface area contributed by atoms with Gasteiger partial charge in [-0.1, -0.05) is 71.4 Å². The van der Waals surface area contributed by atoms with Gasteiger partial charge in [0.05, 0.1) is 49.3 Å². The van der Waals surface area contributed by atoms with Crippen LogP contribution >= 0.6 is 0 Å². The number of esters is 1. The largest absolute Gasteiger partial charge is 0.467 e. The summed E-state index contributed by atoms with van der Waals surface area (Å²) in [5.74, 6) is -2.96. The average Bonchev–Trinajstić information content (AvgIpc) is 3.87. The Balaban J connectivity index is 1.79. The number of carbonyl (C=O) groups excluding carboxylic acids is 5. The van der Waals surface area contributed by atoms with E-state index in [4.69, 9.17) is 17.0 Å². The molecule has 2 fully saturated rings. The molecule has 2 aliphatic heterocycles. The smallest absolute Gasteiger partial charge is 0.328 e. The predicted octanol–water partition coefficient (Wildman–Crippen LogP) is 3.43. The van der Waals surface area contributed by atoms with Gasteiger partial charge in [0, 0.05) is 37.0 Å². The van der Waals surface area contributed by atoms with Gasteiger partial charge in [0.25, 0.3) is 0 Å². The van der Waals surface area contributed by atoms with E-state index in [1.54, 1.807) is 28.7 Å². The molecule has 2 saturated heterocycles. The van der Waals surface area contributed by atoms with Crippen LogP contribution in [0.15, 0.2) is 30.3 Å². The molecule has 0 spiro atoms. The van der Waals surface area contributed by atoms with Crippen molar-refractivity contribution in [1.29, 1.82) is 0 Å². The van der Waals surface area contributed by atoms with Crippen molar-refractivity contribution < 1.29 is 40.9 Å². The van der Waals surface area contributed by atoms with Crippen LogP contribution < -0.4 is 10.6 Å². The lowest BCUT2D eigenvalue weighted by Gasteiger charge is -2.41. The molecule has 9 atom stereocenters. The highest BCUT2D eigenvalue weighted by molar-refractivity contribution is 5.92. The summed E-state index contributed by atoms with van der Waals surface area (Å²) in [6.07, 6.45) is 2.04. The van der Waals surface area contributed by atoms with Gasteiger partial charge in [0.1, 0.15) is 12.1 Å². The molecular weight excluding hydrogens is 690 g/mol. The summed E-state index contributed by atoms with van der Waals surface area (Å²) in [6, 6.07) is 6.61. The Kier molecular flexibility index (Phi) is 15.7. The molecule has 2 N–H and O–H groups in total. The molecular formula is C41H67N5O8. The van der Waals surface area contributed by atoms with Crippen LogP contribution in [0.25, 0.3) is 0 Å². The fraction of sp³-hybridized carbons (Fsp3) is 0.732. The summed E-state index contributed by atoms with van der Waals surface area (Å²) in [4.78, 5) is 73.8. The molecule has 4 amide bonds. The molecule has 1 aromatic carbocycles. The molecule has 304 valence electrons. The Bertz CT molecular complexity index is 1460. The Morgan fingerprint density at radius 2 is 1.70 bits per heavy atom. The number of ether oxygens (including phenoxy) is 3. The monoisotopic (exact) mass is 760 g/mol. The van der Waals surface area contributed by atoms with Crippen LogP contribution in [0.4, 0.5) is 0 Å². The number of likely N-dealkylation sites (N-methyl/N-ethyl adjacent to an activating group) is 2. The minimum atomic E-state index is -1.15. The van der Waals surface area contributed by atoms with Gasteiger partial charge in [-0.25, -0.2) is 4.79 Å². The lowest BCUT2D eigenvalue weighted by molar-refractivity contribution is -0.149. The van der Waals surface area contributed by atoms with Crippen LogP contribution in [0.5, 0.6) is 0 Å². The zero-order valence-corrected chi connectivity index (χ0v) is 34.0. The van der Waals surface area contributed by atoms with Gasteiger partial charge >= 0.3 is 5.97 Å². The van der Waals surface area contributed by atoms with Gasteiger partial charge in [-0.05, 0) is 63.6 Å². The van der Waals surface area contributed by atoms with E-state index in [1.165, 1.54) is 21.3 Å². The number of likely N-dealkylation sites (tertiary alicyclic amines) is 2. The van der Waals surface area contributed by atoms with E-state index < -0.39 is 65.6 Å². The quantitative estimate of drug-likeness (QED) is 0.203. The lowest BCUT2D eigenvalue weighted by Crippen LogP contribution is -2.61. The number of carbonyl (C=O) groups is 5. The van der Waals surface area contributed by atoms with Crippen molar-refractivity contribution in [2.45, 2.75) is 128 Å². The second kappa shape index (κ2) is 20.4. The molecule has 0 aliphatic carbocycles. The standard InChI is InChI=1S/C41H67N5O8/c1-12-27(4)35(45(8)38(49)34(26(2)3)43-40(51)41(6)21-17-22-44(41)7)32(52-9)25-33(47)46-23-16-20-31(46)36(53-10)28(5)37(48)42-30(39(50)54-11)24-29-18-14-13-15-19-29/h13-15,18-19,26-28,30-32,34-36H,12,16-17,20-25H2,1-11H3,(H,42,48)(H,43,51)/t27-,28+,30-,31-,32+,34-,35-,36+,41-/m0/s1/i6D,7D. The third-order valence-electron chi connectivity index (χ3n) is 11.6. The summed E-state index contributed by atoms with van der Waals surface area (Å²) in [5.41, 5.74) is -0.286. The minimum absolute atomic E-state index is 0.0305. The van der Waals surface area contributed by atoms with E-state index in [0.717, 1.165) is 5.56 Å². The highest BCUT2D eigenvalue weighted by atomic mass is 16.5. The Labute approximate surface area is 326 Å². The van der Waals surface area contributed by atoms with Crippen molar-refractivity contribution >= 4 is 29.6 Å². The van der Waals surface area contributed by atoms with Crippen LogP contribution in [0, 0.1) is 17.8 Å². The summed E-state index contributed by atoms with van der Waals surface area (Å²) in [7, 11) is 5.90. The maximum Gasteiger partial charge on any atom is 0.328 e. The van der Waals surface area contributed by atoms with Crippen molar-refractivity contribution in [3.63, 3.8) is 0 Å². The zero-order chi connectivity index (χ0) is 41.7. The molecule has 3 rings (SSSR count). The van der Waals surface area contributed by atoms with Crippen LogP contribution in [-0.4, -0.2) is 135 Å². The number of amides is 4. The van der Waals surface area contributed by atoms with Gasteiger partial charge in [0.15, 0.2) is 0 Å². The fourth-order valence-electron chi connectivity index (χ4n) is 7.99. The first-order chi connectivity index (χ1) is 26.6. The summed E-state index contributed by atoms with van der Waals surface area (Å²) in [5, 5.41) is 5.81. The Morgan fingerprint density at radius 1 is 1.00 bits per heavy atom. The lowest BCUT2D eigenvalue weighted by atomic mass is 9.89. The minimum Gasteiger partial charge on any atom is -0.467 e. The van der Waals surface area contributed by atoms with Crippen molar-refractivity contribution in [2.75, 3.05) is 48.5 Å². The first kappa shape index (κ1) is 41.6. The second-order valence-electron chi connectivity index (χ2n) is 15.5. The molecule has 13 nitrogen and oxygen atoms in total. The molecule has 0 radical (unpaired) electrons. The number of rotatable bonds is 19. The van der Waals surface area contributed by atoms with Gasteiger partial charge in [-0.2, -0.15) is 0 Å². The highest BCUT2D eigenvalue weighted by Gasteiger charge is 2.45. The predicted molar refractivity (Wildman–Crippen MR) is 207 cm³/mol. The van der Waals surface area contributed by atoms with E-state index in [2.05, 4.69) is 10.6 Å².